The maximum atomic E-state index is 12.4. The van der Waals surface area contributed by atoms with Crippen LogP contribution in [0.5, 0.6) is 0 Å². The Kier molecular flexibility index (Phi) is 3.81. The third-order valence-corrected chi connectivity index (χ3v) is 4.74. The SMILES string of the molecule is CN1[C@H]2CC[C@H]1CN(C(=O)Nc1cccnc1Cl)CC2. The lowest BCUT2D eigenvalue weighted by atomic mass is 10.1. The van der Waals surface area contributed by atoms with Crippen molar-refractivity contribution >= 4 is 23.3 Å². The molecule has 2 atom stereocenters. The van der Waals surface area contributed by atoms with E-state index in [2.05, 4.69) is 22.2 Å². The topological polar surface area (TPSA) is 48.5 Å². The first kappa shape index (κ1) is 13.6. The molecule has 2 fully saturated rings. The second-order valence-electron chi connectivity index (χ2n) is 5.56. The molecule has 2 aliphatic rings. The van der Waals surface area contributed by atoms with Crippen molar-refractivity contribution < 1.29 is 4.79 Å². The van der Waals surface area contributed by atoms with Crippen LogP contribution in [0, 0.1) is 0 Å². The van der Waals surface area contributed by atoms with Gasteiger partial charge in [-0.25, -0.2) is 9.78 Å². The number of anilines is 1. The quantitative estimate of drug-likeness (QED) is 0.809. The number of amides is 2. The van der Waals surface area contributed by atoms with Crippen LogP contribution in [0.4, 0.5) is 10.5 Å². The standard InChI is InChI=1S/C14H19ClN4O/c1-18-10-4-5-11(18)9-19(8-6-10)14(20)17-12-3-2-7-16-13(12)15/h2-3,7,10-11H,4-6,8-9H2,1H3,(H,17,20)/t10-,11-/m0/s1. The highest BCUT2D eigenvalue weighted by Gasteiger charge is 2.36. The lowest BCUT2D eigenvalue weighted by Crippen LogP contribution is -2.41. The van der Waals surface area contributed by atoms with Crippen LogP contribution in [0.2, 0.25) is 5.15 Å². The number of likely N-dealkylation sites (N-methyl/N-ethyl adjacent to an activating group) is 1. The predicted molar refractivity (Wildman–Crippen MR) is 79.0 cm³/mol. The first-order valence-electron chi connectivity index (χ1n) is 7.03. The molecule has 1 aromatic heterocycles. The molecule has 2 amide bonds. The molecule has 1 N–H and O–H groups in total. The van der Waals surface area contributed by atoms with Gasteiger partial charge in [-0.2, -0.15) is 0 Å². The molecule has 2 aliphatic heterocycles. The molecule has 5 nitrogen and oxygen atoms in total. The van der Waals surface area contributed by atoms with Gasteiger partial charge in [-0.1, -0.05) is 11.6 Å². The van der Waals surface area contributed by atoms with Gasteiger partial charge in [0.1, 0.15) is 0 Å². The Hall–Kier alpha value is -1.33. The van der Waals surface area contributed by atoms with Crippen LogP contribution in [0.3, 0.4) is 0 Å². The van der Waals surface area contributed by atoms with Crippen molar-refractivity contribution in [2.24, 2.45) is 0 Å². The first-order chi connectivity index (χ1) is 9.65. The lowest BCUT2D eigenvalue weighted by molar-refractivity contribution is 0.200. The summed E-state index contributed by atoms with van der Waals surface area (Å²) in [6.45, 7) is 1.59. The number of halogens is 1. The van der Waals surface area contributed by atoms with Crippen LogP contribution in [0.15, 0.2) is 18.3 Å². The Morgan fingerprint density at radius 2 is 2.20 bits per heavy atom. The summed E-state index contributed by atoms with van der Waals surface area (Å²) in [5.74, 6) is 0. The van der Waals surface area contributed by atoms with Crippen LogP contribution >= 0.6 is 11.6 Å². The predicted octanol–water partition coefficient (Wildman–Crippen LogP) is 2.44. The normalized spacial score (nSPS) is 26.4. The molecule has 2 bridgehead atoms. The Bertz CT molecular complexity index is 510. The summed E-state index contributed by atoms with van der Waals surface area (Å²) in [5.41, 5.74) is 0.571. The lowest BCUT2D eigenvalue weighted by Gasteiger charge is -2.26. The van der Waals surface area contributed by atoms with Gasteiger partial charge >= 0.3 is 6.03 Å². The minimum absolute atomic E-state index is 0.0825. The first-order valence-corrected chi connectivity index (χ1v) is 7.41. The van der Waals surface area contributed by atoms with E-state index < -0.39 is 0 Å². The van der Waals surface area contributed by atoms with E-state index in [4.69, 9.17) is 11.6 Å². The number of nitrogens with zero attached hydrogens (tertiary/aromatic N) is 3. The molecular weight excluding hydrogens is 276 g/mol. The van der Waals surface area contributed by atoms with E-state index >= 15 is 0 Å². The zero-order valence-electron chi connectivity index (χ0n) is 11.6. The van der Waals surface area contributed by atoms with Crippen LogP contribution in [0.25, 0.3) is 0 Å². The number of fused-ring (bicyclic) bond motifs is 2. The highest BCUT2D eigenvalue weighted by atomic mass is 35.5. The van der Waals surface area contributed by atoms with Gasteiger partial charge in [0.25, 0.3) is 0 Å². The number of carbonyl (C=O) groups excluding carboxylic acids is 1. The zero-order valence-corrected chi connectivity index (χ0v) is 12.3. The number of hydrogen-bond acceptors (Lipinski definition) is 3. The Morgan fingerprint density at radius 1 is 1.40 bits per heavy atom. The average molecular weight is 295 g/mol. The van der Waals surface area contributed by atoms with Gasteiger partial charge in [0, 0.05) is 31.4 Å². The van der Waals surface area contributed by atoms with Gasteiger partial charge < -0.3 is 10.2 Å². The van der Waals surface area contributed by atoms with Gasteiger partial charge in [-0.05, 0) is 38.4 Å². The van der Waals surface area contributed by atoms with Crippen molar-refractivity contribution in [1.29, 1.82) is 0 Å². The smallest absolute Gasteiger partial charge is 0.321 e. The van der Waals surface area contributed by atoms with Crippen LogP contribution < -0.4 is 5.32 Å². The van der Waals surface area contributed by atoms with E-state index in [-0.39, 0.29) is 6.03 Å². The molecule has 0 unspecified atom stereocenters. The summed E-state index contributed by atoms with van der Waals surface area (Å²) in [7, 11) is 2.17. The van der Waals surface area contributed by atoms with Gasteiger partial charge in [0.15, 0.2) is 5.15 Å². The largest absolute Gasteiger partial charge is 0.323 e. The Morgan fingerprint density at radius 3 is 3.00 bits per heavy atom. The summed E-state index contributed by atoms with van der Waals surface area (Å²) in [6.07, 6.45) is 5.09. The monoisotopic (exact) mass is 294 g/mol. The highest BCUT2D eigenvalue weighted by molar-refractivity contribution is 6.32. The second kappa shape index (κ2) is 5.58. The molecule has 0 radical (unpaired) electrons. The minimum Gasteiger partial charge on any atom is -0.323 e. The van der Waals surface area contributed by atoms with E-state index in [0.717, 1.165) is 19.5 Å². The maximum Gasteiger partial charge on any atom is 0.321 e. The van der Waals surface area contributed by atoms with Crippen molar-refractivity contribution in [1.82, 2.24) is 14.8 Å². The van der Waals surface area contributed by atoms with E-state index in [1.165, 1.54) is 12.8 Å². The van der Waals surface area contributed by atoms with E-state index in [1.54, 1.807) is 18.3 Å². The molecule has 0 spiro atoms. The fourth-order valence-corrected chi connectivity index (χ4v) is 3.33. The molecule has 6 heteroatoms. The number of urea groups is 1. The molecule has 1 aromatic rings. The molecule has 0 saturated carbocycles. The molecule has 3 rings (SSSR count). The highest BCUT2D eigenvalue weighted by Crippen LogP contribution is 2.29. The van der Waals surface area contributed by atoms with Crippen molar-refractivity contribution in [3.63, 3.8) is 0 Å². The third-order valence-electron chi connectivity index (χ3n) is 4.44. The molecule has 3 heterocycles. The summed E-state index contributed by atoms with van der Waals surface area (Å²) in [5, 5.41) is 3.18. The molecule has 0 aliphatic carbocycles. The summed E-state index contributed by atoms with van der Waals surface area (Å²) < 4.78 is 0. The van der Waals surface area contributed by atoms with Crippen LogP contribution in [-0.2, 0) is 0 Å². The van der Waals surface area contributed by atoms with Gasteiger partial charge in [-0.15, -0.1) is 0 Å². The minimum atomic E-state index is -0.0825. The molecule has 2 saturated heterocycles. The van der Waals surface area contributed by atoms with Crippen molar-refractivity contribution in [2.45, 2.75) is 31.3 Å². The van der Waals surface area contributed by atoms with Gasteiger partial charge in [-0.3, -0.25) is 4.90 Å². The molecule has 108 valence electrons. The third kappa shape index (κ3) is 2.60. The Labute approximate surface area is 123 Å². The molecule has 0 aromatic carbocycles. The van der Waals surface area contributed by atoms with E-state index in [1.807, 2.05) is 4.90 Å². The van der Waals surface area contributed by atoms with Gasteiger partial charge in [0.05, 0.1) is 5.69 Å². The summed E-state index contributed by atoms with van der Waals surface area (Å²) in [6, 6.07) is 4.56. The van der Waals surface area contributed by atoms with Crippen molar-refractivity contribution in [2.75, 3.05) is 25.5 Å². The van der Waals surface area contributed by atoms with Gasteiger partial charge in [0.2, 0.25) is 0 Å². The second-order valence-corrected chi connectivity index (χ2v) is 5.92. The number of rotatable bonds is 1. The van der Waals surface area contributed by atoms with E-state index in [0.29, 0.717) is 22.9 Å². The number of hydrogen-bond donors (Lipinski definition) is 1. The van der Waals surface area contributed by atoms with Crippen LogP contribution in [0.1, 0.15) is 19.3 Å². The summed E-state index contributed by atoms with van der Waals surface area (Å²) in [4.78, 5) is 20.6. The number of aromatic nitrogens is 1. The number of carbonyl (C=O) groups is 1. The average Bonchev–Trinajstić information content (AvgIpc) is 2.66. The van der Waals surface area contributed by atoms with Crippen molar-refractivity contribution in [3.8, 4) is 0 Å². The molecule has 20 heavy (non-hydrogen) atoms. The number of likely N-dealkylation sites (tertiary alicyclic amines) is 1. The van der Waals surface area contributed by atoms with Crippen molar-refractivity contribution in [3.05, 3.63) is 23.5 Å². The zero-order chi connectivity index (χ0) is 14.1. The fourth-order valence-electron chi connectivity index (χ4n) is 3.17. The van der Waals surface area contributed by atoms with E-state index in [9.17, 15) is 4.79 Å². The molecular formula is C14H19ClN4O. The maximum absolute atomic E-state index is 12.4. The van der Waals surface area contributed by atoms with Crippen LogP contribution in [-0.4, -0.2) is 53.0 Å². The Balaban J connectivity index is 1.67. The fraction of sp³-hybridized carbons (Fsp3) is 0.571. The number of nitrogens with one attached hydrogen (secondary N) is 1. The number of pyridine rings is 1. The summed E-state index contributed by atoms with van der Waals surface area (Å²) >= 11 is 5.97.